The number of rotatable bonds is 6. The lowest BCUT2D eigenvalue weighted by atomic mass is 10.0. The molecule has 1 aliphatic heterocycles. The minimum atomic E-state index is -3.51. The smallest absolute Gasteiger partial charge is 0.251 e. The first kappa shape index (κ1) is 17.9. The highest BCUT2D eigenvalue weighted by molar-refractivity contribution is 7.89. The van der Waals surface area contributed by atoms with Gasteiger partial charge in [0.25, 0.3) is 5.91 Å². The van der Waals surface area contributed by atoms with Crippen molar-refractivity contribution in [3.63, 3.8) is 0 Å². The molecule has 128 valence electrons. The minimum absolute atomic E-state index is 0.204. The first-order valence-corrected chi connectivity index (χ1v) is 9.77. The van der Waals surface area contributed by atoms with E-state index in [4.69, 9.17) is 0 Å². The number of benzene rings is 1. The summed E-state index contributed by atoms with van der Waals surface area (Å²) in [5.74, 6) is 0.347. The Hall–Kier alpha value is -1.40. The van der Waals surface area contributed by atoms with Crippen LogP contribution in [0.5, 0.6) is 0 Å². The zero-order valence-electron chi connectivity index (χ0n) is 13.9. The number of hydrogen-bond donors (Lipinski definition) is 1. The van der Waals surface area contributed by atoms with E-state index in [1.807, 2.05) is 0 Å². The van der Waals surface area contributed by atoms with E-state index in [1.54, 1.807) is 18.2 Å². The van der Waals surface area contributed by atoms with E-state index < -0.39 is 10.0 Å². The van der Waals surface area contributed by atoms with Crippen LogP contribution >= 0.6 is 0 Å². The third kappa shape index (κ3) is 4.54. The van der Waals surface area contributed by atoms with Crippen molar-refractivity contribution in [2.45, 2.75) is 44.4 Å². The average Bonchev–Trinajstić information content (AvgIpc) is 2.55. The molecule has 0 unspecified atom stereocenters. The van der Waals surface area contributed by atoms with Gasteiger partial charge in [0.15, 0.2) is 0 Å². The van der Waals surface area contributed by atoms with E-state index >= 15 is 0 Å². The first-order valence-electron chi connectivity index (χ1n) is 8.33. The predicted octanol–water partition coefficient (Wildman–Crippen LogP) is 2.64. The van der Waals surface area contributed by atoms with Crippen LogP contribution < -0.4 is 5.32 Å². The Bertz CT molecular complexity index is 635. The lowest BCUT2D eigenvalue weighted by Gasteiger charge is -2.29. The molecule has 0 aromatic heterocycles. The average molecular weight is 338 g/mol. The van der Waals surface area contributed by atoms with E-state index in [-0.39, 0.29) is 10.8 Å². The Kier molecular flexibility index (Phi) is 6.18. The molecule has 0 aliphatic carbocycles. The Morgan fingerprint density at radius 3 is 2.65 bits per heavy atom. The summed E-state index contributed by atoms with van der Waals surface area (Å²) in [6.45, 7) is 5.91. The molecular weight excluding hydrogens is 312 g/mol. The fourth-order valence-corrected chi connectivity index (χ4v) is 4.17. The summed E-state index contributed by atoms with van der Waals surface area (Å²) < 4.78 is 27.0. The molecule has 0 saturated carbocycles. The van der Waals surface area contributed by atoms with Gasteiger partial charge in [-0.25, -0.2) is 8.42 Å². The van der Waals surface area contributed by atoms with Gasteiger partial charge in [-0.1, -0.05) is 26.3 Å². The number of nitrogens with zero attached hydrogens (tertiary/aromatic N) is 1. The number of carbonyl (C=O) groups excluding carboxylic acids is 1. The zero-order valence-corrected chi connectivity index (χ0v) is 14.7. The van der Waals surface area contributed by atoms with Crippen molar-refractivity contribution in [3.8, 4) is 0 Å². The summed E-state index contributed by atoms with van der Waals surface area (Å²) in [7, 11) is -3.51. The standard InChI is InChI=1S/C17H26N2O3S/c1-3-4-10-18-17(20)15-6-5-7-16(13-15)23(21,22)19-11-8-14(2)9-12-19/h5-7,13-14H,3-4,8-12H2,1-2H3,(H,18,20). The Morgan fingerprint density at radius 2 is 2.00 bits per heavy atom. The molecule has 0 radical (unpaired) electrons. The summed E-state index contributed by atoms with van der Waals surface area (Å²) in [5.41, 5.74) is 0.396. The molecule has 6 heteroatoms. The van der Waals surface area contributed by atoms with Crippen LogP contribution in [0, 0.1) is 5.92 Å². The molecule has 1 N–H and O–H groups in total. The molecule has 0 atom stereocenters. The highest BCUT2D eigenvalue weighted by Crippen LogP contribution is 2.23. The Balaban J connectivity index is 2.13. The van der Waals surface area contributed by atoms with E-state index in [0.29, 0.717) is 31.1 Å². The summed E-state index contributed by atoms with van der Waals surface area (Å²) in [5, 5.41) is 2.82. The fourth-order valence-electron chi connectivity index (χ4n) is 2.65. The van der Waals surface area contributed by atoms with Gasteiger partial charge in [-0.15, -0.1) is 0 Å². The second-order valence-electron chi connectivity index (χ2n) is 6.22. The van der Waals surface area contributed by atoms with Gasteiger partial charge >= 0.3 is 0 Å². The molecule has 1 saturated heterocycles. The van der Waals surface area contributed by atoms with Crippen molar-refractivity contribution >= 4 is 15.9 Å². The lowest BCUT2D eigenvalue weighted by Crippen LogP contribution is -2.38. The van der Waals surface area contributed by atoms with Crippen molar-refractivity contribution < 1.29 is 13.2 Å². The molecule has 1 aromatic rings. The number of piperidine rings is 1. The number of nitrogens with one attached hydrogen (secondary N) is 1. The number of carbonyl (C=O) groups is 1. The van der Waals surface area contributed by atoms with Gasteiger partial charge in [-0.2, -0.15) is 4.31 Å². The maximum Gasteiger partial charge on any atom is 0.251 e. The molecule has 1 heterocycles. The summed E-state index contributed by atoms with van der Waals surface area (Å²) >= 11 is 0. The molecule has 0 bridgehead atoms. The fraction of sp³-hybridized carbons (Fsp3) is 0.588. The van der Waals surface area contributed by atoms with E-state index in [1.165, 1.54) is 10.4 Å². The molecule has 2 rings (SSSR count). The maximum absolute atomic E-state index is 12.7. The number of amides is 1. The van der Waals surface area contributed by atoms with Crippen molar-refractivity contribution in [2.75, 3.05) is 19.6 Å². The zero-order chi connectivity index (χ0) is 16.9. The topological polar surface area (TPSA) is 66.5 Å². The van der Waals surface area contributed by atoms with Crippen LogP contribution in [-0.4, -0.2) is 38.3 Å². The van der Waals surface area contributed by atoms with Gasteiger partial charge in [0, 0.05) is 25.2 Å². The Labute approximate surface area is 139 Å². The van der Waals surface area contributed by atoms with Crippen molar-refractivity contribution in [3.05, 3.63) is 29.8 Å². The molecule has 5 nitrogen and oxygen atoms in total. The van der Waals surface area contributed by atoms with Crippen LogP contribution in [0.3, 0.4) is 0 Å². The quantitative estimate of drug-likeness (QED) is 0.811. The second kappa shape index (κ2) is 7.93. The van der Waals surface area contributed by atoms with Gasteiger partial charge in [-0.05, 0) is 43.4 Å². The molecule has 1 aliphatic rings. The van der Waals surface area contributed by atoms with Crippen LogP contribution in [0.25, 0.3) is 0 Å². The third-order valence-corrected chi connectivity index (χ3v) is 6.19. The van der Waals surface area contributed by atoms with Crippen LogP contribution in [0.15, 0.2) is 29.2 Å². The minimum Gasteiger partial charge on any atom is -0.352 e. The predicted molar refractivity (Wildman–Crippen MR) is 90.8 cm³/mol. The SMILES string of the molecule is CCCCNC(=O)c1cccc(S(=O)(=O)N2CCC(C)CC2)c1. The summed E-state index contributed by atoms with van der Waals surface area (Å²) in [4.78, 5) is 12.3. The molecule has 1 fully saturated rings. The van der Waals surface area contributed by atoms with Crippen molar-refractivity contribution in [1.29, 1.82) is 0 Å². The first-order chi connectivity index (χ1) is 10.9. The van der Waals surface area contributed by atoms with E-state index in [0.717, 1.165) is 25.7 Å². The molecular formula is C17H26N2O3S. The van der Waals surface area contributed by atoms with Crippen LogP contribution in [0.1, 0.15) is 49.9 Å². The lowest BCUT2D eigenvalue weighted by molar-refractivity contribution is 0.0953. The molecule has 0 spiro atoms. The van der Waals surface area contributed by atoms with E-state index in [2.05, 4.69) is 19.2 Å². The van der Waals surface area contributed by atoms with E-state index in [9.17, 15) is 13.2 Å². The van der Waals surface area contributed by atoms with Crippen LogP contribution in [0.2, 0.25) is 0 Å². The second-order valence-corrected chi connectivity index (χ2v) is 8.16. The van der Waals surface area contributed by atoms with Crippen LogP contribution in [0.4, 0.5) is 0 Å². The van der Waals surface area contributed by atoms with Gasteiger partial charge in [-0.3, -0.25) is 4.79 Å². The molecule has 1 amide bonds. The summed E-state index contributed by atoms with van der Waals surface area (Å²) in [6, 6.07) is 6.33. The summed E-state index contributed by atoms with van der Waals surface area (Å²) in [6.07, 6.45) is 3.69. The highest BCUT2D eigenvalue weighted by Gasteiger charge is 2.28. The normalized spacial score (nSPS) is 17.1. The van der Waals surface area contributed by atoms with Crippen molar-refractivity contribution in [2.24, 2.45) is 5.92 Å². The molecule has 1 aromatic carbocycles. The maximum atomic E-state index is 12.7. The van der Waals surface area contributed by atoms with Crippen molar-refractivity contribution in [1.82, 2.24) is 9.62 Å². The third-order valence-electron chi connectivity index (χ3n) is 4.29. The van der Waals surface area contributed by atoms with Gasteiger partial charge in [0.1, 0.15) is 0 Å². The van der Waals surface area contributed by atoms with Crippen LogP contribution in [-0.2, 0) is 10.0 Å². The number of sulfonamides is 1. The van der Waals surface area contributed by atoms with Gasteiger partial charge < -0.3 is 5.32 Å². The monoisotopic (exact) mass is 338 g/mol. The van der Waals surface area contributed by atoms with Gasteiger partial charge in [0.05, 0.1) is 4.90 Å². The number of unbranched alkanes of at least 4 members (excludes halogenated alkanes) is 1. The van der Waals surface area contributed by atoms with Gasteiger partial charge in [0.2, 0.25) is 10.0 Å². The number of hydrogen-bond acceptors (Lipinski definition) is 3. The largest absolute Gasteiger partial charge is 0.352 e. The highest BCUT2D eigenvalue weighted by atomic mass is 32.2. The molecule has 23 heavy (non-hydrogen) atoms. The Morgan fingerprint density at radius 1 is 1.30 bits per heavy atom.